The third kappa shape index (κ3) is 7.59. The summed E-state index contributed by atoms with van der Waals surface area (Å²) in [7, 11) is 0. The highest BCUT2D eigenvalue weighted by molar-refractivity contribution is 5.74. The number of carbonyl (C=O) groups is 1. The van der Waals surface area contributed by atoms with Gasteiger partial charge in [0.15, 0.2) is 0 Å². The lowest BCUT2D eigenvalue weighted by molar-refractivity contribution is -0.151. The van der Waals surface area contributed by atoms with Gasteiger partial charge in [-0.3, -0.25) is 4.79 Å². The van der Waals surface area contributed by atoms with Crippen molar-refractivity contribution in [2.24, 2.45) is 5.41 Å². The molecular weight excluding hydrogens is 280 g/mol. The van der Waals surface area contributed by atoms with Crippen LogP contribution >= 0.6 is 0 Å². The van der Waals surface area contributed by atoms with Gasteiger partial charge in [0.2, 0.25) is 0 Å². The smallest absolute Gasteiger partial charge is 0.309 e. The van der Waals surface area contributed by atoms with Crippen LogP contribution in [0.4, 0.5) is 0 Å². The maximum Gasteiger partial charge on any atom is 0.309 e. The Labute approximate surface area is 135 Å². The van der Waals surface area contributed by atoms with Crippen LogP contribution in [0, 0.1) is 5.41 Å². The third-order valence-corrected chi connectivity index (χ3v) is 4.78. The summed E-state index contributed by atoms with van der Waals surface area (Å²) < 4.78 is 10.9. The van der Waals surface area contributed by atoms with E-state index in [0.29, 0.717) is 39.3 Å². The molecule has 1 aliphatic heterocycles. The van der Waals surface area contributed by atoms with Crippen molar-refractivity contribution in [3.63, 3.8) is 0 Å². The number of hydrogen-bond donors (Lipinski definition) is 1. The second-order valence-electron chi connectivity index (χ2n) is 6.54. The monoisotopic (exact) mass is 314 g/mol. The molecule has 0 aromatic carbocycles. The molecule has 1 saturated heterocycles. The minimum atomic E-state index is -0.676. The van der Waals surface area contributed by atoms with Crippen LogP contribution < -0.4 is 0 Å². The predicted molar refractivity (Wildman–Crippen MR) is 88.2 cm³/mol. The maximum absolute atomic E-state index is 11.8. The summed E-state index contributed by atoms with van der Waals surface area (Å²) in [4.78, 5) is 11.8. The van der Waals surface area contributed by atoms with Gasteiger partial charge in [-0.05, 0) is 19.3 Å². The van der Waals surface area contributed by atoms with Gasteiger partial charge in [0.25, 0.3) is 0 Å². The minimum Gasteiger partial charge on any atom is -0.481 e. The summed E-state index contributed by atoms with van der Waals surface area (Å²) >= 11 is 0. The van der Waals surface area contributed by atoms with Crippen molar-refractivity contribution in [1.29, 1.82) is 0 Å². The fraction of sp³-hybridized carbons (Fsp3) is 0.944. The van der Waals surface area contributed by atoms with Gasteiger partial charge in [-0.25, -0.2) is 0 Å². The molecular formula is C18H34O4. The van der Waals surface area contributed by atoms with Crippen LogP contribution in [0.2, 0.25) is 0 Å². The molecule has 4 heteroatoms. The molecule has 0 aromatic heterocycles. The standard InChI is InChI=1S/C18H34O4/c1-2-3-4-5-6-7-8-9-10-18(17(19)20)11-13-21-15-16-22-14-12-18/h2-16H2,1H3,(H,19,20). The number of carboxylic acids is 1. The lowest BCUT2D eigenvalue weighted by atomic mass is 9.77. The molecule has 0 amide bonds. The van der Waals surface area contributed by atoms with Crippen molar-refractivity contribution in [3.05, 3.63) is 0 Å². The maximum atomic E-state index is 11.8. The molecule has 0 atom stereocenters. The summed E-state index contributed by atoms with van der Waals surface area (Å²) in [6.45, 7) is 4.45. The molecule has 0 radical (unpaired) electrons. The van der Waals surface area contributed by atoms with Crippen molar-refractivity contribution >= 4 is 5.97 Å². The van der Waals surface area contributed by atoms with Gasteiger partial charge in [-0.1, -0.05) is 58.3 Å². The highest BCUT2D eigenvalue weighted by Crippen LogP contribution is 2.34. The molecule has 1 rings (SSSR count). The van der Waals surface area contributed by atoms with E-state index < -0.39 is 11.4 Å². The van der Waals surface area contributed by atoms with E-state index >= 15 is 0 Å². The molecule has 1 heterocycles. The van der Waals surface area contributed by atoms with Gasteiger partial charge >= 0.3 is 5.97 Å². The Morgan fingerprint density at radius 1 is 0.864 bits per heavy atom. The van der Waals surface area contributed by atoms with E-state index in [2.05, 4.69) is 6.92 Å². The Morgan fingerprint density at radius 3 is 1.86 bits per heavy atom. The lowest BCUT2D eigenvalue weighted by Crippen LogP contribution is -2.33. The number of rotatable bonds is 10. The SMILES string of the molecule is CCCCCCCCCCC1(C(=O)O)CCOCCOCC1. The Morgan fingerprint density at radius 2 is 1.36 bits per heavy atom. The third-order valence-electron chi connectivity index (χ3n) is 4.78. The molecule has 130 valence electrons. The molecule has 0 saturated carbocycles. The van der Waals surface area contributed by atoms with Crippen molar-refractivity contribution in [2.45, 2.75) is 77.6 Å². The van der Waals surface area contributed by atoms with E-state index in [9.17, 15) is 9.90 Å². The van der Waals surface area contributed by atoms with Crippen molar-refractivity contribution < 1.29 is 19.4 Å². The number of carboxylic acid groups (broad SMARTS) is 1. The summed E-state index contributed by atoms with van der Waals surface area (Å²) in [6, 6.07) is 0. The first-order chi connectivity index (χ1) is 10.7. The van der Waals surface area contributed by atoms with Gasteiger partial charge in [-0.15, -0.1) is 0 Å². The Kier molecular flexibility index (Phi) is 10.5. The van der Waals surface area contributed by atoms with Crippen LogP contribution in [-0.4, -0.2) is 37.5 Å². The van der Waals surface area contributed by atoms with E-state index in [4.69, 9.17) is 9.47 Å². The molecule has 0 aliphatic carbocycles. The van der Waals surface area contributed by atoms with Crippen LogP contribution in [0.15, 0.2) is 0 Å². The normalized spacial score (nSPS) is 19.1. The molecule has 0 unspecified atom stereocenters. The van der Waals surface area contributed by atoms with Gasteiger partial charge in [0, 0.05) is 13.2 Å². The number of hydrogen-bond acceptors (Lipinski definition) is 3. The molecule has 1 N–H and O–H groups in total. The minimum absolute atomic E-state index is 0.534. The predicted octanol–water partition coefficient (Wildman–Crippen LogP) is 4.42. The zero-order chi connectivity index (χ0) is 16.1. The number of ether oxygens (including phenoxy) is 2. The van der Waals surface area contributed by atoms with Crippen LogP contribution in [0.25, 0.3) is 0 Å². The van der Waals surface area contributed by atoms with Gasteiger partial charge in [0.05, 0.1) is 18.6 Å². The Bertz CT molecular complexity index is 281. The van der Waals surface area contributed by atoms with Crippen LogP contribution in [0.1, 0.15) is 77.6 Å². The quantitative estimate of drug-likeness (QED) is 0.607. The summed E-state index contributed by atoms with van der Waals surface area (Å²) in [6.07, 6.45) is 11.9. The number of unbranched alkanes of at least 4 members (excludes halogenated alkanes) is 7. The average Bonchev–Trinajstić information content (AvgIpc) is 2.62. The fourth-order valence-corrected chi connectivity index (χ4v) is 3.15. The highest BCUT2D eigenvalue weighted by Gasteiger charge is 2.37. The summed E-state index contributed by atoms with van der Waals surface area (Å²) in [5.41, 5.74) is -0.646. The van der Waals surface area contributed by atoms with Crippen molar-refractivity contribution in [3.8, 4) is 0 Å². The van der Waals surface area contributed by atoms with Crippen LogP contribution in [-0.2, 0) is 14.3 Å². The highest BCUT2D eigenvalue weighted by atomic mass is 16.5. The van der Waals surface area contributed by atoms with E-state index in [1.165, 1.54) is 38.5 Å². The molecule has 0 bridgehead atoms. The largest absolute Gasteiger partial charge is 0.481 e. The van der Waals surface area contributed by atoms with Crippen LogP contribution in [0.3, 0.4) is 0 Å². The second-order valence-corrected chi connectivity index (χ2v) is 6.54. The van der Waals surface area contributed by atoms with Crippen molar-refractivity contribution in [1.82, 2.24) is 0 Å². The second kappa shape index (κ2) is 11.9. The van der Waals surface area contributed by atoms with Gasteiger partial charge in [-0.2, -0.15) is 0 Å². The topological polar surface area (TPSA) is 55.8 Å². The van der Waals surface area contributed by atoms with Gasteiger partial charge < -0.3 is 14.6 Å². The van der Waals surface area contributed by atoms with Gasteiger partial charge in [0.1, 0.15) is 0 Å². The zero-order valence-electron chi connectivity index (χ0n) is 14.3. The average molecular weight is 314 g/mol. The molecule has 22 heavy (non-hydrogen) atoms. The van der Waals surface area contributed by atoms with E-state index in [1.54, 1.807) is 0 Å². The van der Waals surface area contributed by atoms with E-state index in [1.807, 2.05) is 0 Å². The molecule has 4 nitrogen and oxygen atoms in total. The molecule has 1 aliphatic rings. The summed E-state index contributed by atoms with van der Waals surface area (Å²) in [5, 5.41) is 9.69. The molecule has 1 fully saturated rings. The summed E-state index contributed by atoms with van der Waals surface area (Å²) in [5.74, 6) is -0.676. The van der Waals surface area contributed by atoms with Crippen LogP contribution in [0.5, 0.6) is 0 Å². The zero-order valence-corrected chi connectivity index (χ0v) is 14.3. The Balaban J connectivity index is 2.28. The van der Waals surface area contributed by atoms with E-state index in [-0.39, 0.29) is 0 Å². The first-order valence-electron chi connectivity index (χ1n) is 9.10. The first-order valence-corrected chi connectivity index (χ1v) is 9.10. The Hall–Kier alpha value is -0.610. The lowest BCUT2D eigenvalue weighted by Gasteiger charge is -2.28. The molecule has 0 aromatic rings. The fourth-order valence-electron chi connectivity index (χ4n) is 3.15. The number of aliphatic carboxylic acids is 1. The van der Waals surface area contributed by atoms with Crippen molar-refractivity contribution in [2.75, 3.05) is 26.4 Å². The van der Waals surface area contributed by atoms with E-state index in [0.717, 1.165) is 19.3 Å². The molecule has 0 spiro atoms. The first kappa shape index (κ1) is 19.4.